The molecule has 112 valence electrons. The van der Waals surface area contributed by atoms with Crippen molar-refractivity contribution in [1.29, 1.82) is 0 Å². The number of halogens is 1. The van der Waals surface area contributed by atoms with E-state index < -0.39 is 5.54 Å². The summed E-state index contributed by atoms with van der Waals surface area (Å²) in [6.45, 7) is 6.52. The summed E-state index contributed by atoms with van der Waals surface area (Å²) in [6.07, 6.45) is 0.830. The van der Waals surface area contributed by atoms with Gasteiger partial charge in [-0.25, -0.2) is 0 Å². The molecule has 1 aromatic rings. The molecule has 1 rings (SSSR count). The van der Waals surface area contributed by atoms with E-state index in [0.29, 0.717) is 23.2 Å². The molecule has 1 unspecified atom stereocenters. The van der Waals surface area contributed by atoms with Crippen LogP contribution in [0.2, 0.25) is 5.02 Å². The first-order valence-corrected chi connectivity index (χ1v) is 7.12. The average Bonchev–Trinajstić information content (AvgIpc) is 2.37. The SMILES string of the molecule is CC(C)CC(C)(CN)NC(=O)COc1ccc(Cl)cc1. The Balaban J connectivity index is 2.48. The number of hydrogen-bond donors (Lipinski definition) is 2. The van der Waals surface area contributed by atoms with Gasteiger partial charge in [-0.05, 0) is 43.5 Å². The number of ether oxygens (including phenoxy) is 1. The lowest BCUT2D eigenvalue weighted by atomic mass is 9.91. The van der Waals surface area contributed by atoms with Crippen LogP contribution in [-0.4, -0.2) is 24.6 Å². The van der Waals surface area contributed by atoms with Gasteiger partial charge in [0.05, 0.1) is 0 Å². The van der Waals surface area contributed by atoms with Crippen LogP contribution in [0.1, 0.15) is 27.2 Å². The third kappa shape index (κ3) is 5.80. The van der Waals surface area contributed by atoms with Crippen molar-refractivity contribution in [1.82, 2.24) is 5.32 Å². The zero-order valence-electron chi connectivity index (χ0n) is 12.3. The second kappa shape index (κ2) is 7.50. The largest absolute Gasteiger partial charge is 0.484 e. The number of carbonyl (C=O) groups is 1. The molecule has 0 aromatic heterocycles. The maximum atomic E-state index is 11.9. The van der Waals surface area contributed by atoms with Crippen LogP contribution in [0.3, 0.4) is 0 Å². The van der Waals surface area contributed by atoms with Crippen molar-refractivity contribution >= 4 is 17.5 Å². The van der Waals surface area contributed by atoms with Crippen molar-refractivity contribution in [2.24, 2.45) is 11.7 Å². The minimum Gasteiger partial charge on any atom is -0.484 e. The van der Waals surface area contributed by atoms with Gasteiger partial charge in [0.2, 0.25) is 0 Å². The number of benzene rings is 1. The highest BCUT2D eigenvalue weighted by atomic mass is 35.5. The van der Waals surface area contributed by atoms with E-state index in [1.54, 1.807) is 24.3 Å². The molecule has 5 heteroatoms. The van der Waals surface area contributed by atoms with Crippen molar-refractivity contribution < 1.29 is 9.53 Å². The highest BCUT2D eigenvalue weighted by Gasteiger charge is 2.25. The summed E-state index contributed by atoms with van der Waals surface area (Å²) >= 11 is 5.78. The molecule has 1 amide bonds. The Hall–Kier alpha value is -1.26. The molecule has 20 heavy (non-hydrogen) atoms. The normalized spacial score (nSPS) is 13.9. The molecule has 0 spiro atoms. The summed E-state index contributed by atoms with van der Waals surface area (Å²) in [6, 6.07) is 6.90. The minimum atomic E-state index is -0.394. The smallest absolute Gasteiger partial charge is 0.258 e. The van der Waals surface area contributed by atoms with E-state index >= 15 is 0 Å². The monoisotopic (exact) mass is 298 g/mol. The lowest BCUT2D eigenvalue weighted by molar-refractivity contribution is -0.125. The molecule has 0 heterocycles. The Bertz CT molecular complexity index is 434. The predicted octanol–water partition coefficient (Wildman–Crippen LogP) is 2.60. The maximum Gasteiger partial charge on any atom is 0.258 e. The molecule has 4 nitrogen and oxygen atoms in total. The van der Waals surface area contributed by atoms with Crippen LogP contribution in [0, 0.1) is 5.92 Å². The summed E-state index contributed by atoms with van der Waals surface area (Å²) in [5.74, 6) is 0.900. The van der Waals surface area contributed by atoms with E-state index in [2.05, 4.69) is 19.2 Å². The zero-order valence-corrected chi connectivity index (χ0v) is 13.0. The van der Waals surface area contributed by atoms with Crippen molar-refractivity contribution in [3.8, 4) is 5.75 Å². The van der Waals surface area contributed by atoms with Crippen LogP contribution in [0.4, 0.5) is 0 Å². The van der Waals surface area contributed by atoms with Gasteiger partial charge in [0.15, 0.2) is 6.61 Å². The van der Waals surface area contributed by atoms with Crippen LogP contribution in [0.25, 0.3) is 0 Å². The van der Waals surface area contributed by atoms with E-state index in [0.717, 1.165) is 6.42 Å². The molecule has 0 saturated heterocycles. The minimum absolute atomic E-state index is 0.0324. The van der Waals surface area contributed by atoms with Crippen molar-refractivity contribution in [2.45, 2.75) is 32.7 Å². The van der Waals surface area contributed by atoms with E-state index in [1.807, 2.05) is 6.92 Å². The van der Waals surface area contributed by atoms with Gasteiger partial charge >= 0.3 is 0 Å². The average molecular weight is 299 g/mol. The summed E-state index contributed by atoms with van der Waals surface area (Å²) in [7, 11) is 0. The molecule has 0 saturated carbocycles. The fourth-order valence-corrected chi connectivity index (χ4v) is 2.26. The number of nitrogens with two attached hydrogens (primary N) is 1. The predicted molar refractivity (Wildman–Crippen MR) is 82.0 cm³/mol. The second-order valence-corrected chi connectivity index (χ2v) is 6.09. The Labute approximate surface area is 125 Å². The molecule has 0 aliphatic heterocycles. The van der Waals surface area contributed by atoms with Gasteiger partial charge in [0.25, 0.3) is 5.91 Å². The quantitative estimate of drug-likeness (QED) is 0.813. The molecule has 0 aliphatic rings. The van der Waals surface area contributed by atoms with Gasteiger partial charge < -0.3 is 15.8 Å². The number of hydrogen-bond acceptors (Lipinski definition) is 3. The Morgan fingerprint density at radius 2 is 2.00 bits per heavy atom. The van der Waals surface area contributed by atoms with Gasteiger partial charge in [-0.3, -0.25) is 4.79 Å². The molecular formula is C15H23ClN2O2. The third-order valence-electron chi connectivity index (χ3n) is 2.93. The van der Waals surface area contributed by atoms with Crippen molar-refractivity contribution in [3.63, 3.8) is 0 Å². The summed E-state index contributed by atoms with van der Waals surface area (Å²) in [5, 5.41) is 3.57. The van der Waals surface area contributed by atoms with Crippen LogP contribution in [0.5, 0.6) is 5.75 Å². The molecule has 1 aromatic carbocycles. The van der Waals surface area contributed by atoms with Crippen LogP contribution >= 0.6 is 11.6 Å². The number of nitrogens with one attached hydrogen (secondary N) is 1. The van der Waals surface area contributed by atoms with Gasteiger partial charge in [0, 0.05) is 17.1 Å². The highest BCUT2D eigenvalue weighted by molar-refractivity contribution is 6.30. The molecule has 0 bridgehead atoms. The standard InChI is InChI=1S/C15H23ClN2O2/c1-11(2)8-15(3,10-17)18-14(19)9-20-13-6-4-12(16)5-7-13/h4-7,11H,8-10,17H2,1-3H3,(H,18,19). The van der Waals surface area contributed by atoms with Crippen LogP contribution in [0.15, 0.2) is 24.3 Å². The molecular weight excluding hydrogens is 276 g/mol. The topological polar surface area (TPSA) is 64.3 Å². The van der Waals surface area contributed by atoms with Gasteiger partial charge in [-0.2, -0.15) is 0 Å². The second-order valence-electron chi connectivity index (χ2n) is 5.65. The summed E-state index contributed by atoms with van der Waals surface area (Å²) < 4.78 is 5.41. The lowest BCUT2D eigenvalue weighted by Crippen LogP contribution is -2.53. The van der Waals surface area contributed by atoms with Gasteiger partial charge in [0.1, 0.15) is 5.75 Å². The first-order valence-electron chi connectivity index (χ1n) is 6.74. The molecule has 0 radical (unpaired) electrons. The number of amides is 1. The van der Waals surface area contributed by atoms with E-state index in [4.69, 9.17) is 22.1 Å². The fourth-order valence-electron chi connectivity index (χ4n) is 2.14. The summed E-state index contributed by atoms with van der Waals surface area (Å²) in [4.78, 5) is 11.9. The summed E-state index contributed by atoms with van der Waals surface area (Å²) in [5.41, 5.74) is 5.36. The molecule has 3 N–H and O–H groups in total. The van der Waals surface area contributed by atoms with Gasteiger partial charge in [-0.1, -0.05) is 25.4 Å². The number of rotatable bonds is 7. The Kier molecular flexibility index (Phi) is 6.30. The zero-order chi connectivity index (χ0) is 15.2. The maximum absolute atomic E-state index is 11.9. The highest BCUT2D eigenvalue weighted by Crippen LogP contribution is 2.17. The first kappa shape index (κ1) is 16.8. The fraction of sp³-hybridized carbons (Fsp3) is 0.533. The van der Waals surface area contributed by atoms with E-state index in [9.17, 15) is 4.79 Å². The van der Waals surface area contributed by atoms with Crippen molar-refractivity contribution in [2.75, 3.05) is 13.2 Å². The van der Waals surface area contributed by atoms with Crippen LogP contribution < -0.4 is 15.8 Å². The Morgan fingerprint density at radius 1 is 1.40 bits per heavy atom. The molecule has 0 aliphatic carbocycles. The third-order valence-corrected chi connectivity index (χ3v) is 3.19. The van der Waals surface area contributed by atoms with E-state index in [1.165, 1.54) is 0 Å². The lowest BCUT2D eigenvalue weighted by Gasteiger charge is -2.31. The van der Waals surface area contributed by atoms with Crippen LogP contribution in [-0.2, 0) is 4.79 Å². The Morgan fingerprint density at radius 3 is 2.50 bits per heavy atom. The van der Waals surface area contributed by atoms with E-state index in [-0.39, 0.29) is 12.5 Å². The molecule has 1 atom stereocenters. The number of carbonyl (C=O) groups excluding carboxylic acids is 1. The van der Waals surface area contributed by atoms with Crippen molar-refractivity contribution in [3.05, 3.63) is 29.3 Å². The van der Waals surface area contributed by atoms with Gasteiger partial charge in [-0.15, -0.1) is 0 Å². The molecule has 0 fully saturated rings. The first-order chi connectivity index (χ1) is 9.34.